The van der Waals surface area contributed by atoms with E-state index in [-0.39, 0.29) is 42.5 Å². The molecule has 2 unspecified atom stereocenters. The smallest absolute Gasteiger partial charge is 0.236 e. The van der Waals surface area contributed by atoms with Crippen LogP contribution in [0, 0.1) is 0 Å². The minimum atomic E-state index is -1.26. The topological polar surface area (TPSA) is 178 Å². The van der Waals surface area contributed by atoms with E-state index in [2.05, 4.69) is 84.4 Å². The summed E-state index contributed by atoms with van der Waals surface area (Å²) in [5.41, 5.74) is 3.83. The summed E-state index contributed by atoms with van der Waals surface area (Å²) in [7, 11) is 2.21. The van der Waals surface area contributed by atoms with Crippen LogP contribution in [-0.4, -0.2) is 107 Å². The number of likely N-dealkylation sites (tertiary alicyclic amines) is 1. The number of anilines is 3. The molecule has 2 saturated carbocycles. The van der Waals surface area contributed by atoms with Crippen molar-refractivity contribution < 1.29 is 23.7 Å². The molecule has 64 heavy (non-hydrogen) atoms. The Labute approximate surface area is 380 Å². The van der Waals surface area contributed by atoms with Crippen molar-refractivity contribution in [2.45, 2.75) is 145 Å². The Morgan fingerprint density at radius 3 is 2.44 bits per heavy atom. The van der Waals surface area contributed by atoms with Crippen molar-refractivity contribution >= 4 is 57.7 Å². The number of nitrogens with zero attached hydrogens (tertiary/aromatic N) is 7. The molecular formula is C48H68N10O5S. The zero-order valence-corrected chi connectivity index (χ0v) is 39.4. The number of nitrogens with one attached hydrogen (secondary N) is 3. The summed E-state index contributed by atoms with van der Waals surface area (Å²) in [6.45, 7) is 12.0. The highest BCUT2D eigenvalue weighted by Gasteiger charge is 2.57. The SMILES string of the molecule is CC.CNC(=O)CCN(C=O)c1nn(C)c2cc(C3CCN(Cc4cccc(S(=O)N5CCC(Nc6ncc7c(n6)NC(=O)C76CC6)CC5)c4)C(C)(C)C3)ccc12.OC1CCCCC1. The Morgan fingerprint density at radius 2 is 1.78 bits per heavy atom. The number of hydrogen-bond donors (Lipinski definition) is 4. The number of fused-ring (bicyclic) bond motifs is 3. The largest absolute Gasteiger partial charge is 0.393 e. The molecule has 4 aromatic rings. The first-order valence-corrected chi connectivity index (χ1v) is 24.5. The Balaban J connectivity index is 0.000000615. The maximum Gasteiger partial charge on any atom is 0.236 e. The van der Waals surface area contributed by atoms with E-state index in [1.54, 1.807) is 13.2 Å². The summed E-state index contributed by atoms with van der Waals surface area (Å²) >= 11 is 0. The zero-order chi connectivity index (χ0) is 45.6. The van der Waals surface area contributed by atoms with Gasteiger partial charge in [0, 0.05) is 75.4 Å². The number of aryl methyl sites for hydroxylation is 1. The van der Waals surface area contributed by atoms with Crippen LogP contribution in [0.4, 0.5) is 17.6 Å². The second kappa shape index (κ2) is 20.6. The summed E-state index contributed by atoms with van der Waals surface area (Å²) in [4.78, 5) is 50.1. The Kier molecular flexibility index (Phi) is 15.2. The van der Waals surface area contributed by atoms with Crippen LogP contribution in [0.25, 0.3) is 10.9 Å². The summed E-state index contributed by atoms with van der Waals surface area (Å²) in [6.07, 6.45) is 14.0. The molecule has 0 radical (unpaired) electrons. The van der Waals surface area contributed by atoms with Gasteiger partial charge in [0.25, 0.3) is 0 Å². The van der Waals surface area contributed by atoms with E-state index in [1.165, 1.54) is 29.7 Å². The molecule has 2 aromatic carbocycles. The first kappa shape index (κ1) is 47.2. The highest BCUT2D eigenvalue weighted by atomic mass is 32.2. The van der Waals surface area contributed by atoms with Crippen LogP contribution in [0.5, 0.6) is 0 Å². The molecular weight excluding hydrogens is 829 g/mol. The van der Waals surface area contributed by atoms with Crippen molar-refractivity contribution in [3.8, 4) is 0 Å². The summed E-state index contributed by atoms with van der Waals surface area (Å²) in [5, 5.41) is 23.4. The monoisotopic (exact) mass is 897 g/mol. The molecule has 2 atom stereocenters. The predicted octanol–water partition coefficient (Wildman–Crippen LogP) is 6.54. The summed E-state index contributed by atoms with van der Waals surface area (Å²) in [5.74, 6) is 2.00. The summed E-state index contributed by atoms with van der Waals surface area (Å²) in [6, 6.07) is 14.8. The number of benzene rings is 2. The van der Waals surface area contributed by atoms with Gasteiger partial charge in [0.2, 0.25) is 24.2 Å². The fraction of sp³-hybridized carbons (Fsp3) is 0.583. The van der Waals surface area contributed by atoms with Crippen LogP contribution in [0.15, 0.2) is 53.6 Å². The second-order valence-corrected chi connectivity index (χ2v) is 19.9. The van der Waals surface area contributed by atoms with Gasteiger partial charge in [-0.15, -0.1) is 0 Å². The van der Waals surface area contributed by atoms with Crippen molar-refractivity contribution in [3.63, 3.8) is 0 Å². The molecule has 2 aromatic heterocycles. The molecule has 1 spiro atoms. The third-order valence-corrected chi connectivity index (χ3v) is 15.2. The number of amides is 3. The summed E-state index contributed by atoms with van der Waals surface area (Å²) < 4.78 is 17.7. The van der Waals surface area contributed by atoms with Gasteiger partial charge in [0.1, 0.15) is 16.8 Å². The standard InChI is InChI=1S/C40H50N10O4S.C6H12O.C2H6/c1-39(2)22-28(27-8-9-31-33(21-27)47(4)46-36(31)48(25-51)16-13-34(52)41-3)10-17-49(39)24-26-6-5-7-30(20-26)55(54)50-18-11-29(12-19-50)43-38-42-23-32-35(45-38)44-37(53)40(32)14-15-40;7-6-4-2-1-3-5-6;1-2/h5-9,20-21,23,25,28-29H,10-19,22,24H2,1-4H3,(H,41,52)(H2,42,43,44,45,53);6-7H,1-5H2;1-2H3. The average Bonchev–Trinajstić information content (AvgIpc) is 3.99. The van der Waals surface area contributed by atoms with Crippen LogP contribution in [0.1, 0.15) is 127 Å². The number of hydrogen-bond acceptors (Lipinski definition) is 10. The molecule has 15 nitrogen and oxygen atoms in total. The van der Waals surface area contributed by atoms with Gasteiger partial charge in [-0.3, -0.25) is 28.9 Å². The van der Waals surface area contributed by atoms with E-state index < -0.39 is 16.4 Å². The molecule has 3 aliphatic heterocycles. The Hall–Kier alpha value is -4.77. The van der Waals surface area contributed by atoms with E-state index in [0.717, 1.165) is 97.8 Å². The fourth-order valence-corrected chi connectivity index (χ4v) is 11.0. The maximum absolute atomic E-state index is 13.8. The van der Waals surface area contributed by atoms with Crippen LogP contribution in [0.2, 0.25) is 0 Å². The number of aliphatic hydroxyl groups excluding tert-OH is 1. The van der Waals surface area contributed by atoms with E-state index in [1.807, 2.05) is 37.7 Å². The molecule has 346 valence electrons. The molecule has 5 aliphatic rings. The molecule has 4 fully saturated rings. The van der Waals surface area contributed by atoms with Gasteiger partial charge in [0.15, 0.2) is 5.82 Å². The molecule has 5 heterocycles. The number of piperidine rings is 2. The van der Waals surface area contributed by atoms with E-state index in [4.69, 9.17) is 5.11 Å². The average molecular weight is 897 g/mol. The normalized spacial score (nSPS) is 21.1. The van der Waals surface area contributed by atoms with Crippen molar-refractivity contribution in [1.82, 2.24) is 34.3 Å². The van der Waals surface area contributed by atoms with Crippen molar-refractivity contribution in [2.24, 2.45) is 7.05 Å². The number of rotatable bonds is 12. The van der Waals surface area contributed by atoms with Gasteiger partial charge in [-0.25, -0.2) is 13.5 Å². The van der Waals surface area contributed by atoms with Gasteiger partial charge >= 0.3 is 0 Å². The highest BCUT2D eigenvalue weighted by Crippen LogP contribution is 2.54. The maximum atomic E-state index is 13.8. The van der Waals surface area contributed by atoms with Gasteiger partial charge in [-0.05, 0) is 113 Å². The van der Waals surface area contributed by atoms with Gasteiger partial charge in [-0.2, -0.15) is 10.1 Å². The van der Waals surface area contributed by atoms with Crippen LogP contribution in [-0.2, 0) is 44.4 Å². The van der Waals surface area contributed by atoms with Gasteiger partial charge in [-0.1, -0.05) is 51.3 Å². The van der Waals surface area contributed by atoms with E-state index in [0.29, 0.717) is 36.6 Å². The highest BCUT2D eigenvalue weighted by molar-refractivity contribution is 7.82. The zero-order valence-electron chi connectivity index (χ0n) is 38.6. The lowest BCUT2D eigenvalue weighted by atomic mass is 9.78. The Morgan fingerprint density at radius 1 is 1.03 bits per heavy atom. The molecule has 4 N–H and O–H groups in total. The minimum absolute atomic E-state index is 0.0359. The third kappa shape index (κ3) is 10.5. The van der Waals surface area contributed by atoms with Crippen LogP contribution >= 0.6 is 0 Å². The quantitative estimate of drug-likeness (QED) is 0.114. The molecule has 0 bridgehead atoms. The molecule has 2 aliphatic carbocycles. The molecule has 9 rings (SSSR count). The molecule has 16 heteroatoms. The van der Waals surface area contributed by atoms with E-state index >= 15 is 0 Å². The predicted molar refractivity (Wildman–Crippen MR) is 252 cm³/mol. The second-order valence-electron chi connectivity index (χ2n) is 18.4. The fourth-order valence-electron chi connectivity index (χ4n) is 9.72. The lowest BCUT2D eigenvalue weighted by Crippen LogP contribution is -2.48. The Bertz CT molecular complexity index is 2300. The van der Waals surface area contributed by atoms with Crippen LogP contribution < -0.4 is 20.9 Å². The number of aromatic nitrogens is 4. The molecule has 3 amide bonds. The minimum Gasteiger partial charge on any atom is -0.393 e. The third-order valence-electron chi connectivity index (χ3n) is 13.7. The van der Waals surface area contributed by atoms with E-state index in [9.17, 15) is 18.6 Å². The van der Waals surface area contributed by atoms with Crippen molar-refractivity contribution in [2.75, 3.05) is 48.8 Å². The van der Waals surface area contributed by atoms with Crippen molar-refractivity contribution in [1.29, 1.82) is 0 Å². The van der Waals surface area contributed by atoms with Crippen molar-refractivity contribution in [3.05, 3.63) is 65.4 Å². The number of aliphatic hydroxyl groups is 1. The first-order valence-electron chi connectivity index (χ1n) is 23.4. The van der Waals surface area contributed by atoms with Gasteiger partial charge < -0.3 is 21.1 Å². The van der Waals surface area contributed by atoms with Gasteiger partial charge in [0.05, 0.1) is 21.9 Å². The first-order chi connectivity index (χ1) is 30.9. The number of carbonyl (C=O) groups excluding carboxylic acids is 3. The lowest BCUT2D eigenvalue weighted by molar-refractivity contribution is -0.120. The van der Waals surface area contributed by atoms with Crippen LogP contribution in [0.3, 0.4) is 0 Å². The number of carbonyl (C=O) groups is 3. The lowest BCUT2D eigenvalue weighted by Gasteiger charge is -2.46. The molecule has 2 saturated heterocycles.